The number of amides is 2. The number of nitrogens with two attached hydrogens (primary N) is 1. The maximum absolute atomic E-state index is 12.9. The van der Waals surface area contributed by atoms with E-state index >= 15 is 0 Å². The number of carbonyl (C=O) groups excluding carboxylic acids is 2. The first-order valence-corrected chi connectivity index (χ1v) is 11.6. The largest absolute Gasteiger partial charge is 0.477 e. The molecular formula is C19H18N8O4S2. The summed E-state index contributed by atoms with van der Waals surface area (Å²) in [5, 5.41) is 34.3. The summed E-state index contributed by atoms with van der Waals surface area (Å²) in [7, 11) is 0. The number of carbonyl (C=O) groups is 3. The quantitative estimate of drug-likeness (QED) is 0.290. The lowest BCUT2D eigenvalue weighted by molar-refractivity contribution is -0.150. The van der Waals surface area contributed by atoms with Crippen LogP contribution in [0.25, 0.3) is 0 Å². The number of benzene rings is 1. The standard InChI is InChI=1S/C19H18N8O4S2/c20-7-6-11(33-19-23-25-26-24-19)10-8-32-17-13(16(29)27(17)14(10)18(30)31)22-15(28)12(21)9-4-2-1-3-5-9/h1-5,11-13,17H,6,8,21H2,(H,22,28)(H,30,31)(H,23,24,25,26)/t11?,12?,13?,17-/m1/s1. The fraction of sp³-hybridized carbons (Fsp3) is 0.316. The number of nitriles is 1. The van der Waals surface area contributed by atoms with Gasteiger partial charge in [-0.15, -0.1) is 22.0 Å². The fourth-order valence-electron chi connectivity index (χ4n) is 3.59. The summed E-state index contributed by atoms with van der Waals surface area (Å²) in [5.74, 6) is -2.10. The second-order valence-corrected chi connectivity index (χ2v) is 9.40. The predicted molar refractivity (Wildman–Crippen MR) is 117 cm³/mol. The average molecular weight is 487 g/mol. The van der Waals surface area contributed by atoms with Gasteiger partial charge in [0.05, 0.1) is 12.5 Å². The molecule has 2 aliphatic heterocycles. The molecule has 0 aliphatic carbocycles. The number of rotatable bonds is 8. The molecule has 5 N–H and O–H groups in total. The van der Waals surface area contributed by atoms with Crippen molar-refractivity contribution >= 4 is 41.3 Å². The predicted octanol–water partition coefficient (Wildman–Crippen LogP) is 0.0127. The maximum Gasteiger partial charge on any atom is 0.352 e. The average Bonchev–Trinajstić information content (AvgIpc) is 3.34. The van der Waals surface area contributed by atoms with Crippen LogP contribution < -0.4 is 11.1 Å². The van der Waals surface area contributed by atoms with Gasteiger partial charge in [-0.05, 0) is 16.3 Å². The highest BCUT2D eigenvalue weighted by molar-refractivity contribution is 8.01. The Morgan fingerprint density at radius 1 is 1.42 bits per heavy atom. The number of H-pyrrole nitrogens is 1. The number of carboxylic acid groups (broad SMARTS) is 1. The number of fused-ring (bicyclic) bond motifs is 1. The Kier molecular flexibility index (Phi) is 6.63. The number of β-lactam (4-membered cyclic amide) rings is 1. The zero-order valence-corrected chi connectivity index (χ0v) is 18.5. The van der Waals surface area contributed by atoms with Crippen molar-refractivity contribution in [3.63, 3.8) is 0 Å². The van der Waals surface area contributed by atoms with Gasteiger partial charge >= 0.3 is 5.97 Å². The first-order valence-electron chi connectivity index (χ1n) is 9.71. The van der Waals surface area contributed by atoms with E-state index in [1.807, 2.05) is 6.07 Å². The van der Waals surface area contributed by atoms with Crippen molar-refractivity contribution in [2.75, 3.05) is 5.75 Å². The Balaban J connectivity index is 1.54. The highest BCUT2D eigenvalue weighted by Crippen LogP contribution is 2.44. The number of aliphatic carboxylic acids is 1. The summed E-state index contributed by atoms with van der Waals surface area (Å²) in [6, 6.07) is 8.91. The molecule has 2 aromatic rings. The molecule has 1 aromatic carbocycles. The molecule has 0 saturated carbocycles. The van der Waals surface area contributed by atoms with Crippen molar-refractivity contribution in [2.45, 2.75) is 34.3 Å². The molecular weight excluding hydrogens is 468 g/mol. The van der Waals surface area contributed by atoms with E-state index in [9.17, 15) is 24.8 Å². The Hall–Kier alpha value is -3.41. The van der Waals surface area contributed by atoms with Crippen LogP contribution in [0, 0.1) is 11.3 Å². The van der Waals surface area contributed by atoms with Gasteiger partial charge < -0.3 is 16.2 Å². The van der Waals surface area contributed by atoms with Crippen LogP contribution in [0.5, 0.6) is 0 Å². The molecule has 12 nitrogen and oxygen atoms in total. The Morgan fingerprint density at radius 2 is 2.18 bits per heavy atom. The molecule has 3 unspecified atom stereocenters. The van der Waals surface area contributed by atoms with Crippen molar-refractivity contribution in [3.8, 4) is 6.07 Å². The molecule has 14 heteroatoms. The van der Waals surface area contributed by atoms with Crippen LogP contribution in [0.4, 0.5) is 0 Å². The van der Waals surface area contributed by atoms with E-state index in [2.05, 4.69) is 25.9 Å². The number of thioether (sulfide) groups is 2. The summed E-state index contributed by atoms with van der Waals surface area (Å²) < 4.78 is 0. The number of hydrogen-bond acceptors (Lipinski definition) is 10. The number of aromatic nitrogens is 4. The smallest absolute Gasteiger partial charge is 0.352 e. The Morgan fingerprint density at radius 3 is 2.82 bits per heavy atom. The molecule has 0 spiro atoms. The minimum Gasteiger partial charge on any atom is -0.477 e. The molecule has 170 valence electrons. The van der Waals surface area contributed by atoms with Crippen LogP contribution in [0.2, 0.25) is 0 Å². The van der Waals surface area contributed by atoms with Gasteiger partial charge in [0.1, 0.15) is 23.2 Å². The topological polar surface area (TPSA) is 191 Å². The van der Waals surface area contributed by atoms with E-state index in [-0.39, 0.29) is 23.0 Å². The Bertz CT molecular complexity index is 1130. The number of nitrogens with zero attached hydrogens (tertiary/aromatic N) is 5. The lowest BCUT2D eigenvalue weighted by Gasteiger charge is -2.50. The van der Waals surface area contributed by atoms with E-state index in [4.69, 9.17) is 5.73 Å². The number of carboxylic acids is 1. The molecule has 1 fully saturated rings. The monoisotopic (exact) mass is 486 g/mol. The van der Waals surface area contributed by atoms with Crippen LogP contribution in [-0.4, -0.2) is 70.8 Å². The highest BCUT2D eigenvalue weighted by Gasteiger charge is 2.55. The maximum atomic E-state index is 12.9. The molecule has 4 atom stereocenters. The molecule has 0 radical (unpaired) electrons. The molecule has 33 heavy (non-hydrogen) atoms. The van der Waals surface area contributed by atoms with Crippen LogP contribution in [0.1, 0.15) is 18.0 Å². The minimum absolute atomic E-state index is 0.00926. The van der Waals surface area contributed by atoms with Crippen molar-refractivity contribution in [3.05, 3.63) is 47.2 Å². The van der Waals surface area contributed by atoms with E-state index in [0.29, 0.717) is 11.1 Å². The van der Waals surface area contributed by atoms with E-state index < -0.39 is 40.5 Å². The van der Waals surface area contributed by atoms with Crippen LogP contribution in [-0.2, 0) is 14.4 Å². The van der Waals surface area contributed by atoms with Crippen molar-refractivity contribution < 1.29 is 19.5 Å². The summed E-state index contributed by atoms with van der Waals surface area (Å²) in [6.07, 6.45) is -0.00926. The van der Waals surface area contributed by atoms with Gasteiger partial charge in [0.15, 0.2) is 0 Å². The molecule has 1 saturated heterocycles. The van der Waals surface area contributed by atoms with Gasteiger partial charge in [-0.3, -0.25) is 14.5 Å². The van der Waals surface area contributed by atoms with Crippen molar-refractivity contribution in [2.24, 2.45) is 5.73 Å². The normalized spacial score (nSPS) is 21.5. The summed E-state index contributed by atoms with van der Waals surface area (Å²) in [5.41, 5.74) is 6.85. The van der Waals surface area contributed by atoms with E-state index in [1.54, 1.807) is 30.3 Å². The molecule has 1 aromatic heterocycles. The van der Waals surface area contributed by atoms with E-state index in [0.717, 1.165) is 16.7 Å². The Labute approximate surface area is 196 Å². The first-order chi connectivity index (χ1) is 15.9. The van der Waals surface area contributed by atoms with Gasteiger partial charge in [-0.25, -0.2) is 4.79 Å². The zero-order valence-electron chi connectivity index (χ0n) is 16.9. The zero-order chi connectivity index (χ0) is 23.5. The molecule has 4 rings (SSSR count). The molecule has 3 heterocycles. The van der Waals surface area contributed by atoms with Gasteiger partial charge in [0, 0.05) is 11.0 Å². The van der Waals surface area contributed by atoms with Crippen molar-refractivity contribution in [1.82, 2.24) is 30.8 Å². The van der Waals surface area contributed by atoms with Gasteiger partial charge in [-0.1, -0.05) is 42.1 Å². The summed E-state index contributed by atoms with van der Waals surface area (Å²) in [6.45, 7) is 0. The summed E-state index contributed by atoms with van der Waals surface area (Å²) in [4.78, 5) is 38.8. The third-order valence-electron chi connectivity index (χ3n) is 5.18. The fourth-order valence-corrected chi connectivity index (χ4v) is 6.05. The number of hydrogen-bond donors (Lipinski definition) is 4. The molecule has 2 amide bonds. The second-order valence-electron chi connectivity index (χ2n) is 7.13. The number of tetrazole rings is 1. The summed E-state index contributed by atoms with van der Waals surface area (Å²) >= 11 is 2.40. The van der Waals surface area contributed by atoms with Crippen molar-refractivity contribution in [1.29, 1.82) is 5.26 Å². The van der Waals surface area contributed by atoms with Crippen LogP contribution in [0.3, 0.4) is 0 Å². The lowest BCUT2D eigenvalue weighted by Crippen LogP contribution is -2.71. The van der Waals surface area contributed by atoms with Gasteiger partial charge in [0.25, 0.3) is 5.91 Å². The third kappa shape index (κ3) is 4.42. The molecule has 0 bridgehead atoms. The SMILES string of the molecule is N#CCC(Sc1nn[nH]n1)C1=C(C(=O)O)N2C(=O)C(NC(=O)C(N)c3ccccc3)[C@H]2SC1. The van der Waals surface area contributed by atoms with Gasteiger partial charge in [0.2, 0.25) is 11.1 Å². The van der Waals surface area contributed by atoms with Crippen LogP contribution in [0.15, 0.2) is 46.8 Å². The highest BCUT2D eigenvalue weighted by atomic mass is 32.2. The lowest BCUT2D eigenvalue weighted by atomic mass is 9.99. The van der Waals surface area contributed by atoms with Gasteiger partial charge in [-0.2, -0.15) is 10.5 Å². The number of aromatic amines is 1. The minimum atomic E-state index is -1.29. The second kappa shape index (κ2) is 9.61. The van der Waals surface area contributed by atoms with E-state index in [1.165, 1.54) is 11.8 Å². The number of nitrogens with one attached hydrogen (secondary N) is 2. The van der Waals surface area contributed by atoms with Crippen LogP contribution >= 0.6 is 23.5 Å². The third-order valence-corrected chi connectivity index (χ3v) is 7.60. The molecule has 2 aliphatic rings. The first kappa shape index (κ1) is 22.8.